The monoisotopic (exact) mass is 385 g/mol. The maximum absolute atomic E-state index is 12.6. The zero-order valence-electron chi connectivity index (χ0n) is 14.9. The van der Waals surface area contributed by atoms with Gasteiger partial charge in [-0.1, -0.05) is 17.7 Å². The number of rotatable bonds is 6. The maximum Gasteiger partial charge on any atom is 0.267 e. The Bertz CT molecular complexity index is 1060. The number of carbonyl (C=O) groups is 1. The third-order valence-electron chi connectivity index (χ3n) is 4.01. The van der Waals surface area contributed by atoms with Crippen molar-refractivity contribution in [2.75, 3.05) is 7.11 Å². The van der Waals surface area contributed by atoms with Gasteiger partial charge in [0.15, 0.2) is 0 Å². The number of amides is 1. The van der Waals surface area contributed by atoms with Crippen LogP contribution in [-0.4, -0.2) is 30.4 Å². The minimum Gasteiger partial charge on any atom is -0.495 e. The number of nitrogens with one attached hydrogen (secondary N) is 1. The van der Waals surface area contributed by atoms with E-state index in [1.807, 2.05) is 6.92 Å². The summed E-state index contributed by atoms with van der Waals surface area (Å²) in [5, 5.41) is 2.71. The van der Waals surface area contributed by atoms with Crippen LogP contribution in [0.5, 0.6) is 5.75 Å². The van der Waals surface area contributed by atoms with E-state index in [-0.39, 0.29) is 17.0 Å². The molecule has 0 saturated heterocycles. The SMILES string of the molecule is COc1cccnc1CNC(=O)c1ccn(S(=O)(=O)c2ccc(C)cc2)c1. The first kappa shape index (κ1) is 18.7. The summed E-state index contributed by atoms with van der Waals surface area (Å²) < 4.78 is 31.5. The van der Waals surface area contributed by atoms with Crippen LogP contribution in [0.15, 0.2) is 66.0 Å². The van der Waals surface area contributed by atoms with E-state index in [0.717, 1.165) is 9.54 Å². The van der Waals surface area contributed by atoms with E-state index in [2.05, 4.69) is 10.3 Å². The van der Waals surface area contributed by atoms with Crippen molar-refractivity contribution in [2.24, 2.45) is 0 Å². The summed E-state index contributed by atoms with van der Waals surface area (Å²) in [7, 11) is -2.22. The zero-order valence-corrected chi connectivity index (χ0v) is 15.7. The highest BCUT2D eigenvalue weighted by atomic mass is 32.2. The van der Waals surface area contributed by atoms with E-state index in [9.17, 15) is 13.2 Å². The smallest absolute Gasteiger partial charge is 0.267 e. The average molecular weight is 385 g/mol. The van der Waals surface area contributed by atoms with E-state index in [0.29, 0.717) is 11.4 Å². The Hall–Kier alpha value is -3.13. The maximum atomic E-state index is 12.6. The number of methoxy groups -OCH3 is 1. The lowest BCUT2D eigenvalue weighted by molar-refractivity contribution is 0.0950. The highest BCUT2D eigenvalue weighted by Gasteiger charge is 2.18. The number of carbonyl (C=O) groups excluding carboxylic acids is 1. The lowest BCUT2D eigenvalue weighted by Crippen LogP contribution is -2.23. The molecule has 3 aromatic rings. The van der Waals surface area contributed by atoms with Crippen LogP contribution in [0.1, 0.15) is 21.6 Å². The number of hydrogen-bond acceptors (Lipinski definition) is 5. The van der Waals surface area contributed by atoms with E-state index in [1.165, 1.54) is 37.7 Å². The average Bonchev–Trinajstić information content (AvgIpc) is 3.18. The van der Waals surface area contributed by atoms with Crippen LogP contribution < -0.4 is 10.1 Å². The Morgan fingerprint density at radius 1 is 1.19 bits per heavy atom. The summed E-state index contributed by atoms with van der Waals surface area (Å²) in [6.07, 6.45) is 4.25. The molecule has 0 aliphatic rings. The zero-order chi connectivity index (χ0) is 19.4. The molecule has 0 radical (unpaired) electrons. The van der Waals surface area contributed by atoms with Gasteiger partial charge in [0.1, 0.15) is 11.4 Å². The number of pyridine rings is 1. The summed E-state index contributed by atoms with van der Waals surface area (Å²) >= 11 is 0. The fraction of sp³-hybridized carbons (Fsp3) is 0.158. The number of nitrogens with zero attached hydrogens (tertiary/aromatic N) is 2. The molecule has 140 valence electrons. The van der Waals surface area contributed by atoms with Crippen LogP contribution in [0.4, 0.5) is 0 Å². The molecule has 2 aromatic heterocycles. The van der Waals surface area contributed by atoms with Crippen molar-refractivity contribution < 1.29 is 17.9 Å². The second kappa shape index (κ2) is 7.63. The Morgan fingerprint density at radius 3 is 2.63 bits per heavy atom. The molecule has 1 aromatic carbocycles. The molecular weight excluding hydrogens is 366 g/mol. The number of benzene rings is 1. The van der Waals surface area contributed by atoms with E-state index in [4.69, 9.17) is 4.74 Å². The van der Waals surface area contributed by atoms with Gasteiger partial charge < -0.3 is 10.1 Å². The van der Waals surface area contributed by atoms with Gasteiger partial charge in [-0.2, -0.15) is 0 Å². The molecule has 3 rings (SSSR count). The minimum absolute atomic E-state index is 0.161. The van der Waals surface area contributed by atoms with Crippen molar-refractivity contribution in [3.8, 4) is 5.75 Å². The van der Waals surface area contributed by atoms with Gasteiger partial charge in [0, 0.05) is 18.6 Å². The molecule has 1 amide bonds. The van der Waals surface area contributed by atoms with Crippen molar-refractivity contribution >= 4 is 15.9 Å². The molecule has 0 aliphatic heterocycles. The van der Waals surface area contributed by atoms with Crippen LogP contribution in [0, 0.1) is 6.92 Å². The molecular formula is C19H19N3O4S. The van der Waals surface area contributed by atoms with E-state index in [1.54, 1.807) is 30.5 Å². The van der Waals surface area contributed by atoms with Gasteiger partial charge >= 0.3 is 0 Å². The van der Waals surface area contributed by atoms with Crippen LogP contribution in [-0.2, 0) is 16.6 Å². The molecule has 0 spiro atoms. The predicted molar refractivity (Wildman–Crippen MR) is 100 cm³/mol. The summed E-state index contributed by atoms with van der Waals surface area (Å²) in [6.45, 7) is 2.05. The lowest BCUT2D eigenvalue weighted by atomic mass is 10.2. The standard InChI is InChI=1S/C19H19N3O4S/c1-14-5-7-16(8-6-14)27(24,25)22-11-9-15(13-22)19(23)21-12-17-18(26-2)4-3-10-20-17/h3-11,13H,12H2,1-2H3,(H,21,23). The second-order valence-electron chi connectivity index (χ2n) is 5.88. The van der Waals surface area contributed by atoms with Gasteiger partial charge in [0.25, 0.3) is 15.9 Å². The fourth-order valence-electron chi connectivity index (χ4n) is 2.50. The summed E-state index contributed by atoms with van der Waals surface area (Å²) in [4.78, 5) is 16.7. The fourth-order valence-corrected chi connectivity index (χ4v) is 3.70. The van der Waals surface area contributed by atoms with Crippen LogP contribution in [0.3, 0.4) is 0 Å². The van der Waals surface area contributed by atoms with Crippen molar-refractivity contribution in [3.05, 3.63) is 77.9 Å². The highest BCUT2D eigenvalue weighted by molar-refractivity contribution is 7.90. The summed E-state index contributed by atoms with van der Waals surface area (Å²) in [5.41, 5.74) is 1.78. The molecule has 0 atom stereocenters. The number of aromatic nitrogens is 2. The summed E-state index contributed by atoms with van der Waals surface area (Å²) in [6, 6.07) is 11.5. The molecule has 0 unspecified atom stereocenters. The van der Waals surface area contributed by atoms with Crippen molar-refractivity contribution in [3.63, 3.8) is 0 Å². The molecule has 0 aliphatic carbocycles. The molecule has 1 N–H and O–H groups in total. The third-order valence-corrected chi connectivity index (χ3v) is 5.66. The van der Waals surface area contributed by atoms with E-state index >= 15 is 0 Å². The van der Waals surface area contributed by atoms with Gasteiger partial charge in [-0.3, -0.25) is 9.78 Å². The van der Waals surface area contributed by atoms with Gasteiger partial charge in [-0.15, -0.1) is 0 Å². The topological polar surface area (TPSA) is 90.3 Å². The van der Waals surface area contributed by atoms with Gasteiger partial charge in [0.2, 0.25) is 0 Å². The Labute approximate surface area is 157 Å². The molecule has 27 heavy (non-hydrogen) atoms. The summed E-state index contributed by atoms with van der Waals surface area (Å²) in [5.74, 6) is 0.165. The normalized spacial score (nSPS) is 11.2. The van der Waals surface area contributed by atoms with Crippen molar-refractivity contribution in [1.82, 2.24) is 14.3 Å². The Kier molecular flexibility index (Phi) is 5.27. The van der Waals surface area contributed by atoms with Crippen LogP contribution in [0.2, 0.25) is 0 Å². The van der Waals surface area contributed by atoms with Gasteiger partial charge in [-0.05, 0) is 37.3 Å². The quantitative estimate of drug-likeness (QED) is 0.703. The molecule has 0 saturated carbocycles. The Balaban J connectivity index is 1.75. The number of aryl methyl sites for hydroxylation is 1. The van der Waals surface area contributed by atoms with Gasteiger partial charge in [-0.25, -0.2) is 12.4 Å². The molecule has 0 bridgehead atoms. The first-order valence-electron chi connectivity index (χ1n) is 8.18. The van der Waals surface area contributed by atoms with Gasteiger partial charge in [0.05, 0.1) is 24.1 Å². The number of hydrogen-bond donors (Lipinski definition) is 1. The lowest BCUT2D eigenvalue weighted by Gasteiger charge is -2.08. The second-order valence-corrected chi connectivity index (χ2v) is 7.73. The predicted octanol–water partition coefficient (Wildman–Crippen LogP) is 2.37. The first-order valence-corrected chi connectivity index (χ1v) is 9.62. The molecule has 0 fully saturated rings. The number of ether oxygens (including phenoxy) is 1. The van der Waals surface area contributed by atoms with Crippen molar-refractivity contribution in [1.29, 1.82) is 0 Å². The Morgan fingerprint density at radius 2 is 1.93 bits per heavy atom. The largest absolute Gasteiger partial charge is 0.495 e. The highest BCUT2D eigenvalue weighted by Crippen LogP contribution is 2.17. The van der Waals surface area contributed by atoms with Crippen molar-refractivity contribution in [2.45, 2.75) is 18.4 Å². The molecule has 8 heteroatoms. The van der Waals surface area contributed by atoms with Crippen LogP contribution in [0.25, 0.3) is 0 Å². The van der Waals surface area contributed by atoms with E-state index < -0.39 is 15.9 Å². The molecule has 7 nitrogen and oxygen atoms in total. The van der Waals surface area contributed by atoms with Crippen LogP contribution >= 0.6 is 0 Å². The molecule has 2 heterocycles. The minimum atomic E-state index is -3.74. The third kappa shape index (κ3) is 4.01. The first-order chi connectivity index (χ1) is 12.9.